The molecule has 0 bridgehead atoms. The topological polar surface area (TPSA) is 239 Å². The quantitative estimate of drug-likeness (QED) is 0.160. The first-order valence-corrected chi connectivity index (χ1v) is 10.2. The predicted molar refractivity (Wildman–Crippen MR) is 98.0 cm³/mol. The zero-order valence-electron chi connectivity index (χ0n) is 17.7. The number of hydrogen-bond acceptors (Lipinski definition) is 14. The number of ether oxygens (including phenoxy) is 4. The van der Waals surface area contributed by atoms with Gasteiger partial charge in [0.2, 0.25) is 5.79 Å². The Morgan fingerprint density at radius 2 is 1.61 bits per heavy atom. The van der Waals surface area contributed by atoms with Gasteiger partial charge < -0.3 is 69.4 Å². The van der Waals surface area contributed by atoms with Crippen LogP contribution in [0.2, 0.25) is 0 Å². The van der Waals surface area contributed by atoms with Crippen molar-refractivity contribution in [3.63, 3.8) is 0 Å². The molecule has 0 aliphatic carbocycles. The summed E-state index contributed by atoms with van der Waals surface area (Å²) in [6.07, 6.45) is -11.5. The molecule has 14 heteroatoms. The second-order valence-electron chi connectivity index (χ2n) is 7.79. The van der Waals surface area contributed by atoms with Gasteiger partial charge in [-0.05, 0) is 13.3 Å². The van der Waals surface area contributed by atoms with Crippen LogP contribution in [0.25, 0.3) is 0 Å². The van der Waals surface area contributed by atoms with Crippen LogP contribution in [0, 0.1) is 0 Å². The van der Waals surface area contributed by atoms with Crippen molar-refractivity contribution in [1.82, 2.24) is 0 Å². The molecule has 0 aromatic rings. The van der Waals surface area contributed by atoms with E-state index in [0.717, 1.165) is 6.26 Å². The number of carboxylic acids is 2. The lowest BCUT2D eigenvalue weighted by molar-refractivity contribution is -0.410. The average molecular weight is 480 g/mol. The van der Waals surface area contributed by atoms with E-state index < -0.39 is 92.3 Å². The molecule has 0 aromatic carbocycles. The lowest BCUT2D eigenvalue weighted by Gasteiger charge is -2.51. The molecule has 9 atom stereocenters. The molecule has 6 N–H and O–H groups in total. The van der Waals surface area contributed by atoms with Crippen LogP contribution in [0.15, 0.2) is 12.3 Å². The van der Waals surface area contributed by atoms with Crippen LogP contribution in [0.3, 0.4) is 0 Å². The maximum atomic E-state index is 12.0. The monoisotopic (exact) mass is 480 g/mol. The molecule has 14 nitrogen and oxygen atoms in total. The molecule has 0 amide bonds. The number of hydrogen-bond donors (Lipinski definition) is 6. The van der Waals surface area contributed by atoms with Gasteiger partial charge in [0.1, 0.15) is 42.5 Å². The minimum atomic E-state index is -2.70. The molecule has 0 unspecified atom stereocenters. The van der Waals surface area contributed by atoms with E-state index >= 15 is 0 Å². The Bertz CT molecular complexity index is 711. The molecule has 2 heterocycles. The van der Waals surface area contributed by atoms with Crippen molar-refractivity contribution < 1.29 is 69.4 Å². The summed E-state index contributed by atoms with van der Waals surface area (Å²) in [5, 5.41) is 82.9. The molecule has 0 aromatic heterocycles. The number of allylic oxidation sites excluding steroid dienone is 1. The molecule has 2 aliphatic rings. The van der Waals surface area contributed by atoms with Crippen LogP contribution in [0.4, 0.5) is 0 Å². The SMILES string of the molecule is C/C=C/O[C@]1(C(=O)[O-])C[C@@H](O[C@]2(C(=O)[O-])CC[C@@H](O)[C@@H]([C@H](O)CO)O2)[C@@H](O)[C@@H]([C@H](O)CO)O1. The lowest BCUT2D eigenvalue weighted by Crippen LogP contribution is -2.68. The third-order valence-electron chi connectivity index (χ3n) is 5.48. The maximum Gasteiger partial charge on any atom is 0.253 e. The standard InChI is InChI=1S/C19H30O14/c1-2-5-30-19(17(28)29)6-12(13(25)15(33-19)11(24)8-21)31-18(16(26)27)4-3-9(22)14(32-18)10(23)7-20/h2,5,9-15,20-25H,3-4,6-8H2,1H3,(H,26,27)(H,28,29)/p-2/b5-2+/t9-,10-,11-,12-,13-,14+,15-,18-,19-/m1/s1. The van der Waals surface area contributed by atoms with Crippen molar-refractivity contribution in [3.05, 3.63) is 12.3 Å². The second-order valence-corrected chi connectivity index (χ2v) is 7.79. The Morgan fingerprint density at radius 3 is 2.12 bits per heavy atom. The second kappa shape index (κ2) is 11.0. The Labute approximate surface area is 188 Å². The molecular weight excluding hydrogens is 452 g/mol. The Hall–Kier alpha value is -1.88. The highest BCUT2D eigenvalue weighted by atomic mass is 16.8. The van der Waals surface area contributed by atoms with Crippen LogP contribution in [-0.2, 0) is 28.5 Å². The normalized spacial score (nSPS) is 39.2. The molecule has 33 heavy (non-hydrogen) atoms. The molecule has 2 rings (SSSR count). The third-order valence-corrected chi connectivity index (χ3v) is 5.48. The summed E-state index contributed by atoms with van der Waals surface area (Å²) in [4.78, 5) is 23.9. The summed E-state index contributed by atoms with van der Waals surface area (Å²) in [6, 6.07) is 0. The van der Waals surface area contributed by atoms with Crippen molar-refractivity contribution >= 4 is 11.9 Å². The summed E-state index contributed by atoms with van der Waals surface area (Å²) in [7, 11) is 0. The zero-order valence-corrected chi connectivity index (χ0v) is 17.7. The third kappa shape index (κ3) is 5.62. The minimum Gasteiger partial charge on any atom is -0.544 e. The minimum absolute atomic E-state index is 0.293. The highest BCUT2D eigenvalue weighted by Crippen LogP contribution is 2.39. The summed E-state index contributed by atoms with van der Waals surface area (Å²) in [6.45, 7) is -0.381. The smallest absolute Gasteiger partial charge is 0.253 e. The van der Waals surface area contributed by atoms with Crippen molar-refractivity contribution in [3.8, 4) is 0 Å². The van der Waals surface area contributed by atoms with E-state index in [1.165, 1.54) is 13.0 Å². The number of carbonyl (C=O) groups excluding carboxylic acids is 2. The van der Waals surface area contributed by atoms with Gasteiger partial charge in [-0.2, -0.15) is 0 Å². The molecule has 0 saturated carbocycles. The largest absolute Gasteiger partial charge is 0.544 e. The van der Waals surface area contributed by atoms with Gasteiger partial charge in [-0.25, -0.2) is 0 Å². The van der Waals surface area contributed by atoms with Crippen LogP contribution >= 0.6 is 0 Å². The summed E-state index contributed by atoms with van der Waals surface area (Å²) >= 11 is 0. The fraction of sp³-hybridized carbons (Fsp3) is 0.789. The fourth-order valence-electron chi connectivity index (χ4n) is 3.72. The number of carboxylic acid groups (broad SMARTS) is 2. The van der Waals surface area contributed by atoms with Gasteiger partial charge in [-0.3, -0.25) is 0 Å². The van der Waals surface area contributed by atoms with Gasteiger partial charge in [-0.15, -0.1) is 0 Å². The number of rotatable bonds is 10. The van der Waals surface area contributed by atoms with Crippen molar-refractivity contribution in [2.24, 2.45) is 0 Å². The van der Waals surface area contributed by atoms with Crippen LogP contribution in [-0.4, -0.2) is 110 Å². The molecule has 0 radical (unpaired) electrons. The molecule has 190 valence electrons. The van der Waals surface area contributed by atoms with Crippen LogP contribution in [0.5, 0.6) is 0 Å². The van der Waals surface area contributed by atoms with Crippen LogP contribution in [0.1, 0.15) is 26.2 Å². The van der Waals surface area contributed by atoms with Gasteiger partial charge in [0.25, 0.3) is 5.79 Å². The zero-order chi connectivity index (χ0) is 25.0. The first-order chi connectivity index (χ1) is 15.5. The van der Waals surface area contributed by atoms with Gasteiger partial charge in [0.15, 0.2) is 0 Å². The average Bonchev–Trinajstić information content (AvgIpc) is 2.79. The highest BCUT2D eigenvalue weighted by Gasteiger charge is 2.56. The van der Waals surface area contributed by atoms with Gasteiger partial charge in [-0.1, -0.05) is 6.08 Å². The highest BCUT2D eigenvalue weighted by molar-refractivity contribution is 5.74. The first kappa shape index (κ1) is 27.4. The van der Waals surface area contributed by atoms with E-state index in [2.05, 4.69) is 0 Å². The van der Waals surface area contributed by atoms with Gasteiger partial charge in [0, 0.05) is 12.8 Å². The van der Waals surface area contributed by atoms with E-state index in [1.54, 1.807) is 0 Å². The summed E-state index contributed by atoms with van der Waals surface area (Å²) in [5.41, 5.74) is 0. The van der Waals surface area contributed by atoms with Crippen LogP contribution < -0.4 is 10.2 Å². The number of aliphatic hydroxyl groups excluding tert-OH is 6. The van der Waals surface area contributed by atoms with Crippen molar-refractivity contribution in [2.75, 3.05) is 13.2 Å². The summed E-state index contributed by atoms with van der Waals surface area (Å²) in [5.74, 6) is -9.29. The van der Waals surface area contributed by atoms with Gasteiger partial charge in [0.05, 0.1) is 31.7 Å². The number of aliphatic hydroxyl groups is 6. The molecular formula is C19H28O14-2. The first-order valence-electron chi connectivity index (χ1n) is 10.2. The van der Waals surface area contributed by atoms with E-state index in [4.69, 9.17) is 24.1 Å². The molecule has 2 aliphatic heterocycles. The van der Waals surface area contributed by atoms with E-state index in [-0.39, 0.29) is 6.42 Å². The predicted octanol–water partition coefficient (Wildman–Crippen LogP) is -5.79. The number of carbonyl (C=O) groups is 2. The molecule has 2 saturated heterocycles. The molecule has 2 fully saturated rings. The van der Waals surface area contributed by atoms with Gasteiger partial charge >= 0.3 is 0 Å². The van der Waals surface area contributed by atoms with Crippen molar-refractivity contribution in [1.29, 1.82) is 0 Å². The fourth-order valence-corrected chi connectivity index (χ4v) is 3.72. The van der Waals surface area contributed by atoms with E-state index in [9.17, 15) is 45.3 Å². The Morgan fingerprint density at radius 1 is 1.06 bits per heavy atom. The molecule has 0 spiro atoms. The summed E-state index contributed by atoms with van der Waals surface area (Å²) < 4.78 is 21.0. The van der Waals surface area contributed by atoms with E-state index in [1.807, 2.05) is 0 Å². The lowest BCUT2D eigenvalue weighted by atomic mass is 9.91. The maximum absolute atomic E-state index is 12.0. The Balaban J connectivity index is 2.44. The van der Waals surface area contributed by atoms with Crippen molar-refractivity contribution in [2.45, 2.75) is 80.5 Å². The van der Waals surface area contributed by atoms with E-state index in [0.29, 0.717) is 0 Å². The number of aliphatic carboxylic acids is 2. The Kier molecular flexibility index (Phi) is 9.15.